The second kappa shape index (κ2) is 41.0. The smallest absolute Gasteiger partial charge is 0.306 e. The van der Waals surface area contributed by atoms with Crippen LogP contribution >= 0.6 is 0 Å². The van der Waals surface area contributed by atoms with Crippen molar-refractivity contribution >= 4 is 11.9 Å². The van der Waals surface area contributed by atoms with Gasteiger partial charge in [0.15, 0.2) is 0 Å². The van der Waals surface area contributed by atoms with E-state index < -0.39 is 6.10 Å². The zero-order valence-electron chi connectivity index (χ0n) is 35.0. The van der Waals surface area contributed by atoms with E-state index >= 15 is 0 Å². The van der Waals surface area contributed by atoms with Crippen LogP contribution in [0.25, 0.3) is 0 Å². The minimum absolute atomic E-state index is 0.00938. The lowest BCUT2D eigenvalue weighted by Gasteiger charge is -2.24. The van der Waals surface area contributed by atoms with E-state index in [-0.39, 0.29) is 24.6 Å². The van der Waals surface area contributed by atoms with Crippen molar-refractivity contribution in [3.63, 3.8) is 0 Å². The highest BCUT2D eigenvalue weighted by Gasteiger charge is 2.15. The van der Waals surface area contributed by atoms with E-state index in [9.17, 15) is 19.8 Å². The van der Waals surface area contributed by atoms with Gasteiger partial charge in [0.1, 0.15) is 6.10 Å². The SMILES string of the molecule is CCCCCCCCCOC(=O)CCCCCCCN(CCCCCCCC(=O)OC(CCCCCCCC)CCCCCCCC)CC(O)CO. The lowest BCUT2D eigenvalue weighted by atomic mass is 10.0. The first-order chi connectivity index (χ1) is 25.5. The van der Waals surface area contributed by atoms with Crippen molar-refractivity contribution < 1.29 is 29.3 Å². The first-order valence-corrected chi connectivity index (χ1v) is 22.8. The first kappa shape index (κ1) is 50.8. The molecule has 0 aliphatic carbocycles. The summed E-state index contributed by atoms with van der Waals surface area (Å²) in [6.45, 7) is 9.44. The van der Waals surface area contributed by atoms with E-state index in [1.165, 1.54) is 109 Å². The van der Waals surface area contributed by atoms with Crippen LogP contribution in [-0.4, -0.2) is 72.1 Å². The van der Waals surface area contributed by atoms with E-state index in [4.69, 9.17) is 9.47 Å². The van der Waals surface area contributed by atoms with Crippen LogP contribution in [0, 0.1) is 0 Å². The molecule has 0 fully saturated rings. The average Bonchev–Trinajstić information content (AvgIpc) is 3.14. The molecule has 0 aliphatic heterocycles. The fourth-order valence-electron chi connectivity index (χ4n) is 7.05. The zero-order valence-corrected chi connectivity index (χ0v) is 35.0. The van der Waals surface area contributed by atoms with Gasteiger partial charge in [-0.05, 0) is 70.9 Å². The molecular formula is C45H89NO6. The number of esters is 2. The predicted molar refractivity (Wildman–Crippen MR) is 220 cm³/mol. The zero-order chi connectivity index (χ0) is 38.2. The van der Waals surface area contributed by atoms with Gasteiger partial charge in [-0.2, -0.15) is 0 Å². The maximum absolute atomic E-state index is 12.7. The van der Waals surface area contributed by atoms with Crippen LogP contribution in [0.1, 0.15) is 233 Å². The highest BCUT2D eigenvalue weighted by Crippen LogP contribution is 2.18. The van der Waals surface area contributed by atoms with E-state index in [2.05, 4.69) is 25.7 Å². The van der Waals surface area contributed by atoms with Gasteiger partial charge in [0.2, 0.25) is 0 Å². The molecule has 0 heterocycles. The fourth-order valence-corrected chi connectivity index (χ4v) is 7.05. The van der Waals surface area contributed by atoms with E-state index in [0.717, 1.165) is 103 Å². The number of nitrogens with zero attached hydrogens (tertiary/aromatic N) is 1. The molecule has 0 saturated heterocycles. The Kier molecular flexibility index (Phi) is 40.1. The number of hydrogen-bond acceptors (Lipinski definition) is 7. The molecule has 2 N–H and O–H groups in total. The first-order valence-electron chi connectivity index (χ1n) is 22.8. The summed E-state index contributed by atoms with van der Waals surface area (Å²) in [6, 6.07) is 0. The largest absolute Gasteiger partial charge is 0.466 e. The van der Waals surface area contributed by atoms with Crippen molar-refractivity contribution in [2.75, 3.05) is 32.8 Å². The Morgan fingerprint density at radius 3 is 1.35 bits per heavy atom. The summed E-state index contributed by atoms with van der Waals surface area (Å²) in [5, 5.41) is 19.5. The second-order valence-corrected chi connectivity index (χ2v) is 15.7. The van der Waals surface area contributed by atoms with Gasteiger partial charge in [-0.1, -0.05) is 162 Å². The molecule has 0 aromatic rings. The highest BCUT2D eigenvalue weighted by atomic mass is 16.5. The molecule has 7 nitrogen and oxygen atoms in total. The normalized spacial score (nSPS) is 12.2. The number of aliphatic hydroxyl groups excluding tert-OH is 2. The summed E-state index contributed by atoms with van der Waals surface area (Å²) in [6.07, 6.45) is 36.7. The van der Waals surface area contributed by atoms with Crippen LogP contribution in [-0.2, 0) is 19.1 Å². The Labute approximate surface area is 323 Å². The summed E-state index contributed by atoms with van der Waals surface area (Å²) < 4.78 is 11.4. The summed E-state index contributed by atoms with van der Waals surface area (Å²) in [7, 11) is 0. The minimum Gasteiger partial charge on any atom is -0.466 e. The number of carbonyl (C=O) groups excluding carboxylic acids is 2. The summed E-state index contributed by atoms with van der Waals surface area (Å²) in [4.78, 5) is 27.0. The molecule has 0 aliphatic rings. The number of unbranched alkanes of at least 4 members (excludes halogenated alkanes) is 24. The molecule has 0 rings (SSSR count). The standard InChI is InChI=1S/C45H89NO6/c1-4-7-10-13-16-25-32-39-51-44(49)35-28-21-17-23-30-37-46(40-42(48)41-47)38-31-24-18-22-29-36-45(50)52-43(33-26-19-14-11-8-5-2)34-27-20-15-12-9-6-3/h42-43,47-48H,4-41H2,1-3H3. The Balaban J connectivity index is 4.12. The van der Waals surface area contributed by atoms with Crippen molar-refractivity contribution in [2.45, 2.75) is 245 Å². The Morgan fingerprint density at radius 2 is 0.885 bits per heavy atom. The van der Waals surface area contributed by atoms with Gasteiger partial charge in [-0.3, -0.25) is 9.59 Å². The minimum atomic E-state index is -0.705. The van der Waals surface area contributed by atoms with Crippen LogP contribution in [0.4, 0.5) is 0 Å². The Morgan fingerprint density at radius 1 is 0.500 bits per heavy atom. The number of ether oxygens (including phenoxy) is 2. The molecule has 310 valence electrons. The van der Waals surface area contributed by atoms with Crippen molar-refractivity contribution in [3.05, 3.63) is 0 Å². The van der Waals surface area contributed by atoms with Gasteiger partial charge in [-0.25, -0.2) is 0 Å². The third-order valence-corrected chi connectivity index (χ3v) is 10.5. The topological polar surface area (TPSA) is 96.3 Å². The van der Waals surface area contributed by atoms with Crippen LogP contribution in [0.2, 0.25) is 0 Å². The molecule has 0 bridgehead atoms. The molecule has 0 amide bonds. The molecule has 0 radical (unpaired) electrons. The van der Waals surface area contributed by atoms with Crippen LogP contribution in [0.3, 0.4) is 0 Å². The van der Waals surface area contributed by atoms with Gasteiger partial charge < -0.3 is 24.6 Å². The van der Waals surface area contributed by atoms with Crippen LogP contribution < -0.4 is 0 Å². The van der Waals surface area contributed by atoms with Crippen LogP contribution in [0.15, 0.2) is 0 Å². The molecule has 52 heavy (non-hydrogen) atoms. The molecule has 0 spiro atoms. The Hall–Kier alpha value is -1.18. The highest BCUT2D eigenvalue weighted by molar-refractivity contribution is 5.69. The molecule has 7 heteroatoms. The van der Waals surface area contributed by atoms with Crippen molar-refractivity contribution in [3.8, 4) is 0 Å². The molecule has 1 unspecified atom stereocenters. The number of carbonyl (C=O) groups is 2. The van der Waals surface area contributed by atoms with Crippen LogP contribution in [0.5, 0.6) is 0 Å². The molecule has 0 aromatic heterocycles. The van der Waals surface area contributed by atoms with E-state index in [1.807, 2.05) is 0 Å². The number of rotatable bonds is 42. The average molecular weight is 740 g/mol. The van der Waals surface area contributed by atoms with Gasteiger partial charge >= 0.3 is 11.9 Å². The molecule has 0 aromatic carbocycles. The second-order valence-electron chi connectivity index (χ2n) is 15.7. The van der Waals surface area contributed by atoms with Crippen molar-refractivity contribution in [1.82, 2.24) is 4.90 Å². The van der Waals surface area contributed by atoms with Crippen molar-refractivity contribution in [2.24, 2.45) is 0 Å². The van der Waals surface area contributed by atoms with Crippen molar-refractivity contribution in [1.29, 1.82) is 0 Å². The third kappa shape index (κ3) is 37.1. The third-order valence-electron chi connectivity index (χ3n) is 10.5. The lowest BCUT2D eigenvalue weighted by Crippen LogP contribution is -2.35. The predicted octanol–water partition coefficient (Wildman–Crippen LogP) is 12.0. The maximum Gasteiger partial charge on any atom is 0.306 e. The number of aliphatic hydroxyl groups is 2. The van der Waals surface area contributed by atoms with E-state index in [1.54, 1.807) is 0 Å². The fraction of sp³-hybridized carbons (Fsp3) is 0.956. The van der Waals surface area contributed by atoms with E-state index in [0.29, 0.717) is 26.0 Å². The molecule has 1 atom stereocenters. The molecular weight excluding hydrogens is 650 g/mol. The quantitative estimate of drug-likeness (QED) is 0.0475. The maximum atomic E-state index is 12.7. The van der Waals surface area contributed by atoms with Gasteiger partial charge in [0, 0.05) is 19.4 Å². The monoisotopic (exact) mass is 740 g/mol. The van der Waals surface area contributed by atoms with Gasteiger partial charge in [-0.15, -0.1) is 0 Å². The summed E-state index contributed by atoms with van der Waals surface area (Å²) in [5.74, 6) is -0.0637. The number of hydrogen-bond donors (Lipinski definition) is 2. The lowest BCUT2D eigenvalue weighted by molar-refractivity contribution is -0.150. The Bertz CT molecular complexity index is 733. The van der Waals surface area contributed by atoms with Gasteiger partial charge in [0.25, 0.3) is 0 Å². The summed E-state index contributed by atoms with van der Waals surface area (Å²) in [5.41, 5.74) is 0. The van der Waals surface area contributed by atoms with Gasteiger partial charge in [0.05, 0.1) is 19.3 Å². The molecule has 0 saturated carbocycles. The summed E-state index contributed by atoms with van der Waals surface area (Å²) >= 11 is 0.